The first-order valence-corrected chi connectivity index (χ1v) is 10.2. The summed E-state index contributed by atoms with van der Waals surface area (Å²) in [6.07, 6.45) is 0. The maximum atomic E-state index is 12.9. The highest BCUT2D eigenvalue weighted by molar-refractivity contribution is 8.00. The molecule has 0 saturated carbocycles. The minimum absolute atomic E-state index is 0.126. The van der Waals surface area contributed by atoms with Crippen LogP contribution in [0.2, 0.25) is 0 Å². The molecule has 0 atom stereocenters. The van der Waals surface area contributed by atoms with Crippen LogP contribution >= 0.6 is 11.8 Å². The van der Waals surface area contributed by atoms with Crippen molar-refractivity contribution in [2.24, 2.45) is 0 Å². The fraction of sp³-hybridized carbons (Fsp3) is 0.333. The number of benzene rings is 2. The Morgan fingerprint density at radius 3 is 2.29 bits per heavy atom. The number of carbonyl (C=O) groups is 2. The zero-order chi connectivity index (χ0) is 19.9. The van der Waals surface area contributed by atoms with Gasteiger partial charge in [-0.3, -0.25) is 14.5 Å². The predicted octanol–water partition coefficient (Wildman–Crippen LogP) is 3.01. The number of thioether (sulfide) groups is 1. The van der Waals surface area contributed by atoms with Gasteiger partial charge in [-0.15, -0.1) is 11.8 Å². The Hall–Kier alpha value is -2.38. The van der Waals surface area contributed by atoms with Crippen molar-refractivity contribution in [1.82, 2.24) is 9.80 Å². The van der Waals surface area contributed by atoms with Gasteiger partial charge in [0.1, 0.15) is 5.82 Å². The summed E-state index contributed by atoms with van der Waals surface area (Å²) >= 11 is 1.55. The molecular formula is C21H24FN3O2S. The first-order chi connectivity index (χ1) is 13.5. The molecule has 1 saturated heterocycles. The minimum atomic E-state index is -0.334. The van der Waals surface area contributed by atoms with Gasteiger partial charge in [0.05, 0.1) is 12.3 Å². The summed E-state index contributed by atoms with van der Waals surface area (Å²) in [5, 5.41) is 2.76. The Bertz CT molecular complexity index is 803. The second-order valence-electron chi connectivity index (χ2n) is 6.81. The largest absolute Gasteiger partial charge is 0.339 e. The molecule has 2 aromatic carbocycles. The van der Waals surface area contributed by atoms with Crippen molar-refractivity contribution in [2.45, 2.75) is 11.8 Å². The summed E-state index contributed by atoms with van der Waals surface area (Å²) < 4.78 is 12.9. The van der Waals surface area contributed by atoms with Gasteiger partial charge >= 0.3 is 0 Å². The first-order valence-electron chi connectivity index (χ1n) is 9.24. The van der Waals surface area contributed by atoms with Crippen LogP contribution in [0.5, 0.6) is 0 Å². The van der Waals surface area contributed by atoms with Crippen molar-refractivity contribution in [1.29, 1.82) is 0 Å². The van der Waals surface area contributed by atoms with Crippen molar-refractivity contribution in [3.8, 4) is 0 Å². The highest BCUT2D eigenvalue weighted by atomic mass is 32.2. The number of nitrogens with zero attached hydrogens (tertiary/aromatic N) is 2. The molecule has 0 unspecified atom stereocenters. The average Bonchev–Trinajstić information content (AvgIpc) is 2.69. The van der Waals surface area contributed by atoms with Crippen LogP contribution in [0.15, 0.2) is 53.4 Å². The van der Waals surface area contributed by atoms with Gasteiger partial charge in [0.15, 0.2) is 0 Å². The Labute approximate surface area is 168 Å². The van der Waals surface area contributed by atoms with Crippen molar-refractivity contribution >= 4 is 29.3 Å². The van der Waals surface area contributed by atoms with Gasteiger partial charge in [0.2, 0.25) is 11.8 Å². The molecule has 1 aliphatic heterocycles. The van der Waals surface area contributed by atoms with E-state index in [9.17, 15) is 14.0 Å². The number of halogens is 1. The number of nitrogens with one attached hydrogen (secondary N) is 1. The van der Waals surface area contributed by atoms with E-state index in [2.05, 4.69) is 5.32 Å². The molecule has 28 heavy (non-hydrogen) atoms. The van der Waals surface area contributed by atoms with E-state index in [-0.39, 0.29) is 24.2 Å². The number of piperazine rings is 1. The van der Waals surface area contributed by atoms with Gasteiger partial charge in [0.25, 0.3) is 0 Å². The van der Waals surface area contributed by atoms with Gasteiger partial charge in [-0.1, -0.05) is 17.7 Å². The molecule has 2 amide bonds. The van der Waals surface area contributed by atoms with E-state index in [0.717, 1.165) is 4.90 Å². The Morgan fingerprint density at radius 2 is 1.64 bits per heavy atom. The Balaban J connectivity index is 1.38. The summed E-state index contributed by atoms with van der Waals surface area (Å²) in [5.74, 6) is 0.0790. The highest BCUT2D eigenvalue weighted by Gasteiger charge is 2.22. The zero-order valence-electron chi connectivity index (χ0n) is 15.9. The van der Waals surface area contributed by atoms with E-state index in [1.807, 2.05) is 41.0 Å². The number of anilines is 1. The number of aryl methyl sites for hydroxylation is 1. The van der Waals surface area contributed by atoms with Crippen molar-refractivity contribution in [2.75, 3.05) is 43.8 Å². The predicted molar refractivity (Wildman–Crippen MR) is 110 cm³/mol. The lowest BCUT2D eigenvalue weighted by Gasteiger charge is -2.34. The molecule has 5 nitrogen and oxygen atoms in total. The van der Waals surface area contributed by atoms with Gasteiger partial charge in [-0.2, -0.15) is 0 Å². The summed E-state index contributed by atoms with van der Waals surface area (Å²) in [4.78, 5) is 29.5. The molecule has 0 radical (unpaired) electrons. The summed E-state index contributed by atoms with van der Waals surface area (Å²) in [6, 6.07) is 13.9. The lowest BCUT2D eigenvalue weighted by atomic mass is 10.2. The van der Waals surface area contributed by atoms with Crippen LogP contribution in [0.25, 0.3) is 0 Å². The van der Waals surface area contributed by atoms with Crippen LogP contribution in [0.3, 0.4) is 0 Å². The zero-order valence-corrected chi connectivity index (χ0v) is 16.7. The van der Waals surface area contributed by atoms with Crippen molar-refractivity contribution in [3.05, 3.63) is 59.9 Å². The third-order valence-electron chi connectivity index (χ3n) is 4.60. The molecule has 0 aliphatic carbocycles. The number of hydrogen-bond acceptors (Lipinski definition) is 4. The van der Waals surface area contributed by atoms with Crippen LogP contribution < -0.4 is 5.32 Å². The van der Waals surface area contributed by atoms with Gasteiger partial charge in [0, 0.05) is 36.8 Å². The minimum Gasteiger partial charge on any atom is -0.339 e. The van der Waals surface area contributed by atoms with Crippen LogP contribution in [0.4, 0.5) is 10.1 Å². The van der Waals surface area contributed by atoms with Gasteiger partial charge in [-0.25, -0.2) is 4.39 Å². The quantitative estimate of drug-likeness (QED) is 0.756. The number of rotatable bonds is 6. The van der Waals surface area contributed by atoms with Gasteiger partial charge < -0.3 is 10.2 Å². The SMILES string of the molecule is Cc1ccc(SCC(=O)N2CCN(CC(=O)Nc3ccc(F)cc3)CC2)cc1. The van der Waals surface area contributed by atoms with E-state index in [1.165, 1.54) is 29.8 Å². The lowest BCUT2D eigenvalue weighted by Crippen LogP contribution is -2.50. The molecule has 1 fully saturated rings. The molecule has 0 spiro atoms. The molecule has 1 N–H and O–H groups in total. The molecule has 0 aromatic heterocycles. The van der Waals surface area contributed by atoms with Crippen molar-refractivity contribution in [3.63, 3.8) is 0 Å². The third-order valence-corrected chi connectivity index (χ3v) is 5.60. The Morgan fingerprint density at radius 1 is 1.00 bits per heavy atom. The number of amides is 2. The first kappa shape index (κ1) is 20.4. The molecule has 1 heterocycles. The van der Waals surface area contributed by atoms with E-state index in [4.69, 9.17) is 0 Å². The smallest absolute Gasteiger partial charge is 0.238 e. The van der Waals surface area contributed by atoms with E-state index in [1.54, 1.807) is 11.8 Å². The van der Waals surface area contributed by atoms with Crippen LogP contribution in [0, 0.1) is 12.7 Å². The van der Waals surface area contributed by atoms with E-state index in [0.29, 0.717) is 37.6 Å². The summed E-state index contributed by atoms with van der Waals surface area (Å²) in [5.41, 5.74) is 1.78. The molecule has 1 aliphatic rings. The monoisotopic (exact) mass is 401 g/mol. The summed E-state index contributed by atoms with van der Waals surface area (Å²) in [6.45, 7) is 4.88. The Kier molecular flexibility index (Phi) is 7.06. The number of hydrogen-bond donors (Lipinski definition) is 1. The molecule has 0 bridgehead atoms. The molecule has 148 valence electrons. The summed E-state index contributed by atoms with van der Waals surface area (Å²) in [7, 11) is 0. The fourth-order valence-electron chi connectivity index (χ4n) is 2.96. The van der Waals surface area contributed by atoms with E-state index < -0.39 is 0 Å². The molecule has 2 aromatic rings. The second kappa shape index (κ2) is 9.71. The number of carbonyl (C=O) groups excluding carboxylic acids is 2. The maximum Gasteiger partial charge on any atom is 0.238 e. The van der Waals surface area contributed by atoms with Crippen LogP contribution in [-0.2, 0) is 9.59 Å². The topological polar surface area (TPSA) is 52.7 Å². The van der Waals surface area contributed by atoms with Gasteiger partial charge in [-0.05, 0) is 43.3 Å². The molecule has 3 rings (SSSR count). The van der Waals surface area contributed by atoms with Crippen LogP contribution in [-0.4, -0.2) is 60.1 Å². The highest BCUT2D eigenvalue weighted by Crippen LogP contribution is 2.19. The lowest BCUT2D eigenvalue weighted by molar-refractivity contribution is -0.130. The molecule has 7 heteroatoms. The van der Waals surface area contributed by atoms with Crippen molar-refractivity contribution < 1.29 is 14.0 Å². The molecular weight excluding hydrogens is 377 g/mol. The standard InChI is InChI=1S/C21H24FN3O2S/c1-16-2-8-19(9-3-16)28-15-21(27)25-12-10-24(11-13-25)14-20(26)23-18-6-4-17(22)5-7-18/h2-9H,10-15H2,1H3,(H,23,26). The maximum absolute atomic E-state index is 12.9. The fourth-order valence-corrected chi connectivity index (χ4v) is 3.76. The third kappa shape index (κ3) is 6.07. The van der Waals surface area contributed by atoms with Crippen LogP contribution in [0.1, 0.15) is 5.56 Å². The normalized spacial score (nSPS) is 14.7. The van der Waals surface area contributed by atoms with E-state index >= 15 is 0 Å². The second-order valence-corrected chi connectivity index (χ2v) is 7.86. The average molecular weight is 402 g/mol.